The molecule has 9 nitrogen and oxygen atoms in total. The molecule has 1 saturated heterocycles. The number of benzene rings is 1. The molecule has 0 atom stereocenters. The van der Waals surface area contributed by atoms with E-state index in [4.69, 9.17) is 10.5 Å². The fourth-order valence-corrected chi connectivity index (χ4v) is 4.42. The van der Waals surface area contributed by atoms with Crippen LogP contribution in [-0.2, 0) is 11.3 Å². The van der Waals surface area contributed by atoms with Gasteiger partial charge < -0.3 is 15.4 Å². The summed E-state index contributed by atoms with van der Waals surface area (Å²) in [6, 6.07) is 4.39. The summed E-state index contributed by atoms with van der Waals surface area (Å²) in [5.41, 5.74) is 6.89. The Kier molecular flexibility index (Phi) is 6.33. The molecule has 1 fully saturated rings. The van der Waals surface area contributed by atoms with Crippen LogP contribution in [-0.4, -0.2) is 52.2 Å². The number of nitrogen functional groups attached to an aromatic ring is 1. The summed E-state index contributed by atoms with van der Waals surface area (Å²) in [6.45, 7) is 8.91. The van der Waals surface area contributed by atoms with Gasteiger partial charge in [-0.15, -0.1) is 0 Å². The molecule has 2 aliphatic rings. The third-order valence-electron chi connectivity index (χ3n) is 6.07. The number of aryl methyl sites for hydroxylation is 1. The first-order valence-electron chi connectivity index (χ1n) is 11.5. The highest BCUT2D eigenvalue weighted by Crippen LogP contribution is 2.35. The maximum atomic E-state index is 14.8. The number of rotatable bonds is 3. The summed E-state index contributed by atoms with van der Waals surface area (Å²) in [6.07, 6.45) is 2.67. The predicted octanol–water partition coefficient (Wildman–Crippen LogP) is 4.10. The normalized spacial score (nSPS) is 17.1. The maximum absolute atomic E-state index is 14.8. The molecule has 1 aromatic carbocycles. The maximum Gasteiger partial charge on any atom is 0.410 e. The SMILES string of the molecule is Cc1cccc(F)c1N1Cc2cnc(N)nc2N(CC2CCN(C(=O)OC(C)(C)C)CC2)C1=O. The first-order chi connectivity index (χ1) is 16.0. The van der Waals surface area contributed by atoms with E-state index in [0.29, 0.717) is 49.4 Å². The topological polar surface area (TPSA) is 105 Å². The third kappa shape index (κ3) is 4.90. The Morgan fingerprint density at radius 1 is 1.26 bits per heavy atom. The molecular weight excluding hydrogens is 439 g/mol. The smallest absolute Gasteiger partial charge is 0.410 e. The second-order valence-electron chi connectivity index (χ2n) is 9.87. The third-order valence-corrected chi connectivity index (χ3v) is 6.07. The number of amides is 3. The van der Waals surface area contributed by atoms with E-state index in [2.05, 4.69) is 9.97 Å². The number of nitrogens with two attached hydrogens (primary N) is 1. The molecule has 0 radical (unpaired) electrons. The molecule has 2 aliphatic heterocycles. The van der Waals surface area contributed by atoms with E-state index in [0.717, 1.165) is 0 Å². The summed E-state index contributed by atoms with van der Waals surface area (Å²) in [7, 11) is 0. The standard InChI is InChI=1S/C24H31FN6O3/c1-15-6-5-7-18(25)19(15)30-14-17-12-27-21(26)28-20(17)31(22(30)32)13-16-8-10-29(11-9-16)23(33)34-24(2,3)4/h5-7,12,16H,8-11,13-14H2,1-4H3,(H2,26,27,28). The lowest BCUT2D eigenvalue weighted by Gasteiger charge is -2.40. The van der Waals surface area contributed by atoms with Crippen LogP contribution in [0.3, 0.4) is 0 Å². The summed E-state index contributed by atoms with van der Waals surface area (Å²) >= 11 is 0. The number of carbonyl (C=O) groups excluding carboxylic acids is 2. The zero-order valence-corrected chi connectivity index (χ0v) is 20.0. The quantitative estimate of drug-likeness (QED) is 0.724. The summed E-state index contributed by atoms with van der Waals surface area (Å²) in [5.74, 6) is 0.205. The van der Waals surface area contributed by atoms with Gasteiger partial charge in [0.1, 0.15) is 17.2 Å². The van der Waals surface area contributed by atoms with Crippen molar-refractivity contribution in [1.82, 2.24) is 14.9 Å². The Hall–Kier alpha value is -3.43. The number of aromatic nitrogens is 2. The summed E-state index contributed by atoms with van der Waals surface area (Å²) in [4.78, 5) is 39.1. The average molecular weight is 471 g/mol. The predicted molar refractivity (Wildman–Crippen MR) is 127 cm³/mol. The number of nitrogens with zero attached hydrogens (tertiary/aromatic N) is 5. The molecule has 2 N–H and O–H groups in total. The van der Waals surface area contributed by atoms with Gasteiger partial charge in [-0.25, -0.2) is 19.0 Å². The first-order valence-corrected chi connectivity index (χ1v) is 11.5. The summed E-state index contributed by atoms with van der Waals surface area (Å²) in [5, 5.41) is 0. The fourth-order valence-electron chi connectivity index (χ4n) is 4.42. The van der Waals surface area contributed by atoms with E-state index >= 15 is 0 Å². The van der Waals surface area contributed by atoms with Crippen LogP contribution in [0.5, 0.6) is 0 Å². The Balaban J connectivity index is 1.54. The number of hydrogen-bond donors (Lipinski definition) is 1. The Labute approximate surface area is 198 Å². The lowest BCUT2D eigenvalue weighted by Crippen LogP contribution is -2.51. The monoisotopic (exact) mass is 470 g/mol. The number of likely N-dealkylation sites (tertiary alicyclic amines) is 1. The highest BCUT2D eigenvalue weighted by molar-refractivity contribution is 6.06. The van der Waals surface area contributed by atoms with Crippen LogP contribution in [0.2, 0.25) is 0 Å². The van der Waals surface area contributed by atoms with Crippen molar-refractivity contribution in [3.05, 3.63) is 41.3 Å². The van der Waals surface area contributed by atoms with Gasteiger partial charge in [-0.05, 0) is 58.1 Å². The van der Waals surface area contributed by atoms with Crippen molar-refractivity contribution in [2.75, 3.05) is 35.2 Å². The average Bonchev–Trinajstić information content (AvgIpc) is 2.76. The zero-order valence-electron chi connectivity index (χ0n) is 20.0. The molecule has 1 aromatic heterocycles. The van der Waals surface area contributed by atoms with Crippen molar-refractivity contribution in [2.45, 2.75) is 52.7 Å². The lowest BCUT2D eigenvalue weighted by atomic mass is 9.96. The van der Waals surface area contributed by atoms with Crippen molar-refractivity contribution in [3.63, 3.8) is 0 Å². The van der Waals surface area contributed by atoms with Gasteiger partial charge in [0.15, 0.2) is 0 Å². The van der Waals surface area contributed by atoms with Gasteiger partial charge in [-0.2, -0.15) is 4.98 Å². The van der Waals surface area contributed by atoms with Gasteiger partial charge in [0, 0.05) is 31.4 Å². The second kappa shape index (κ2) is 9.08. The molecule has 0 spiro atoms. The molecule has 3 amide bonds. The molecular formula is C24H31FN6O3. The van der Waals surface area contributed by atoms with Crippen LogP contribution in [0.25, 0.3) is 0 Å². The van der Waals surface area contributed by atoms with E-state index in [-0.39, 0.29) is 36.2 Å². The van der Waals surface area contributed by atoms with Crippen molar-refractivity contribution in [2.24, 2.45) is 5.92 Å². The van der Waals surface area contributed by atoms with E-state index in [9.17, 15) is 14.0 Å². The number of ether oxygens (including phenoxy) is 1. The molecule has 0 saturated carbocycles. The molecule has 182 valence electrons. The fraction of sp³-hybridized carbons (Fsp3) is 0.500. The van der Waals surface area contributed by atoms with Gasteiger partial charge in [-0.1, -0.05) is 12.1 Å². The van der Waals surface area contributed by atoms with Crippen molar-refractivity contribution in [1.29, 1.82) is 0 Å². The zero-order chi connectivity index (χ0) is 24.6. The lowest BCUT2D eigenvalue weighted by molar-refractivity contribution is 0.0186. The first kappa shape index (κ1) is 23.7. The highest BCUT2D eigenvalue weighted by Gasteiger charge is 2.37. The Bertz CT molecular complexity index is 1070. The minimum absolute atomic E-state index is 0.0758. The number of piperidine rings is 1. The van der Waals surface area contributed by atoms with Gasteiger partial charge in [0.25, 0.3) is 0 Å². The molecule has 0 aliphatic carbocycles. The van der Waals surface area contributed by atoms with Crippen LogP contribution >= 0.6 is 0 Å². The van der Waals surface area contributed by atoms with Gasteiger partial charge in [0.05, 0.1) is 12.2 Å². The molecule has 2 aromatic rings. The molecule has 0 bridgehead atoms. The van der Waals surface area contributed by atoms with E-state index in [1.165, 1.54) is 11.0 Å². The van der Waals surface area contributed by atoms with Crippen LogP contribution < -0.4 is 15.5 Å². The van der Waals surface area contributed by atoms with Crippen LogP contribution in [0, 0.1) is 18.7 Å². The van der Waals surface area contributed by atoms with E-state index in [1.807, 2.05) is 20.8 Å². The van der Waals surface area contributed by atoms with Gasteiger partial charge >= 0.3 is 12.1 Å². The second-order valence-corrected chi connectivity index (χ2v) is 9.87. The minimum atomic E-state index is -0.550. The summed E-state index contributed by atoms with van der Waals surface area (Å²) < 4.78 is 20.2. The number of para-hydroxylation sites is 1. The number of halogens is 1. The van der Waals surface area contributed by atoms with E-state index < -0.39 is 11.4 Å². The van der Waals surface area contributed by atoms with Crippen molar-refractivity contribution < 1.29 is 18.7 Å². The number of urea groups is 1. The molecule has 4 rings (SSSR count). The highest BCUT2D eigenvalue weighted by atomic mass is 19.1. The Morgan fingerprint density at radius 2 is 1.97 bits per heavy atom. The van der Waals surface area contributed by atoms with Crippen LogP contribution in [0.15, 0.2) is 24.4 Å². The van der Waals surface area contributed by atoms with Crippen LogP contribution in [0.4, 0.5) is 31.4 Å². The number of anilines is 3. The molecule has 34 heavy (non-hydrogen) atoms. The number of hydrogen-bond acceptors (Lipinski definition) is 6. The largest absolute Gasteiger partial charge is 0.444 e. The molecule has 0 unspecified atom stereocenters. The number of carbonyl (C=O) groups is 2. The Morgan fingerprint density at radius 3 is 2.62 bits per heavy atom. The van der Waals surface area contributed by atoms with Gasteiger partial charge in [-0.3, -0.25) is 9.80 Å². The molecule has 3 heterocycles. The van der Waals surface area contributed by atoms with E-state index in [1.54, 1.807) is 35.1 Å². The molecule has 10 heteroatoms. The minimum Gasteiger partial charge on any atom is -0.444 e. The van der Waals surface area contributed by atoms with Gasteiger partial charge in [0.2, 0.25) is 5.95 Å². The van der Waals surface area contributed by atoms with Crippen molar-refractivity contribution >= 4 is 29.6 Å². The van der Waals surface area contributed by atoms with Crippen molar-refractivity contribution in [3.8, 4) is 0 Å². The van der Waals surface area contributed by atoms with Crippen LogP contribution in [0.1, 0.15) is 44.7 Å². The number of fused-ring (bicyclic) bond motifs is 1.